The summed E-state index contributed by atoms with van der Waals surface area (Å²) in [6.07, 6.45) is 2.23. The van der Waals surface area contributed by atoms with Crippen molar-refractivity contribution in [2.75, 3.05) is 5.32 Å². The van der Waals surface area contributed by atoms with Crippen LogP contribution in [0.5, 0.6) is 0 Å². The average molecular weight is 305 g/mol. The summed E-state index contributed by atoms with van der Waals surface area (Å²) in [5.41, 5.74) is 1.13. The predicted molar refractivity (Wildman–Crippen MR) is 84.0 cm³/mol. The molecule has 2 rings (SSSR count). The maximum Gasteiger partial charge on any atom is 0.270 e. The van der Waals surface area contributed by atoms with E-state index in [2.05, 4.69) is 20.6 Å². The van der Waals surface area contributed by atoms with Crippen LogP contribution in [0.25, 0.3) is 0 Å². The molecule has 1 aromatic carbocycles. The zero-order valence-electron chi connectivity index (χ0n) is 11.9. The van der Waals surface area contributed by atoms with Crippen molar-refractivity contribution in [2.45, 2.75) is 26.3 Å². The summed E-state index contributed by atoms with van der Waals surface area (Å²) in [7, 11) is 0. The van der Waals surface area contributed by atoms with E-state index < -0.39 is 0 Å². The van der Waals surface area contributed by atoms with Crippen LogP contribution in [0.15, 0.2) is 36.7 Å². The van der Waals surface area contributed by atoms with Crippen LogP contribution in [-0.4, -0.2) is 21.9 Å². The molecule has 0 spiro atoms. The van der Waals surface area contributed by atoms with Crippen LogP contribution < -0.4 is 10.6 Å². The van der Waals surface area contributed by atoms with Gasteiger partial charge >= 0.3 is 0 Å². The Labute approximate surface area is 128 Å². The van der Waals surface area contributed by atoms with Crippen molar-refractivity contribution in [1.29, 1.82) is 0 Å². The minimum atomic E-state index is -0.208. The van der Waals surface area contributed by atoms with Crippen LogP contribution in [0.2, 0.25) is 5.02 Å². The summed E-state index contributed by atoms with van der Waals surface area (Å²) >= 11 is 5.93. The highest BCUT2D eigenvalue weighted by atomic mass is 35.5. The van der Waals surface area contributed by atoms with Crippen LogP contribution >= 0.6 is 11.6 Å². The number of rotatable bonds is 5. The number of halogens is 1. The maximum absolute atomic E-state index is 12.0. The van der Waals surface area contributed by atoms with Gasteiger partial charge in [0.25, 0.3) is 5.91 Å². The van der Waals surface area contributed by atoms with Gasteiger partial charge in [0.1, 0.15) is 17.8 Å². The number of carbonyl (C=O) groups excluding carboxylic acids is 1. The van der Waals surface area contributed by atoms with Crippen molar-refractivity contribution in [3.05, 3.63) is 47.4 Å². The van der Waals surface area contributed by atoms with Gasteiger partial charge < -0.3 is 10.6 Å². The molecule has 1 atom stereocenters. The second kappa shape index (κ2) is 7.04. The Morgan fingerprint density at radius 3 is 2.86 bits per heavy atom. The lowest BCUT2D eigenvalue weighted by Crippen LogP contribution is -2.32. The number of carbonyl (C=O) groups is 1. The van der Waals surface area contributed by atoms with Crippen LogP contribution in [0.1, 0.15) is 30.8 Å². The molecule has 1 unspecified atom stereocenters. The van der Waals surface area contributed by atoms with Crippen LogP contribution in [0, 0.1) is 0 Å². The number of aromatic nitrogens is 2. The maximum atomic E-state index is 12.0. The van der Waals surface area contributed by atoms with E-state index >= 15 is 0 Å². The second-order valence-corrected chi connectivity index (χ2v) is 5.14. The molecule has 0 aliphatic rings. The standard InChI is InChI=1S/C15H17ClN4O/c1-3-10(2)19-15(21)13-8-14(18-9-17-13)20-12-6-4-5-11(16)7-12/h4-10H,3H2,1-2H3,(H,19,21)(H,17,18,20). The first-order chi connectivity index (χ1) is 10.1. The second-order valence-electron chi connectivity index (χ2n) is 4.71. The molecule has 110 valence electrons. The van der Waals surface area contributed by atoms with Gasteiger partial charge in [-0.15, -0.1) is 0 Å². The van der Waals surface area contributed by atoms with Crippen LogP contribution in [-0.2, 0) is 0 Å². The van der Waals surface area contributed by atoms with E-state index in [1.807, 2.05) is 26.0 Å². The summed E-state index contributed by atoms with van der Waals surface area (Å²) in [5, 5.41) is 6.59. The fourth-order valence-electron chi connectivity index (χ4n) is 1.66. The topological polar surface area (TPSA) is 66.9 Å². The van der Waals surface area contributed by atoms with Gasteiger partial charge in [-0.25, -0.2) is 9.97 Å². The Kier molecular flexibility index (Phi) is 5.11. The minimum absolute atomic E-state index is 0.108. The third-order valence-electron chi connectivity index (χ3n) is 2.99. The Hall–Kier alpha value is -2.14. The molecule has 1 aromatic heterocycles. The number of anilines is 2. The molecule has 5 nitrogen and oxygen atoms in total. The molecule has 0 aliphatic heterocycles. The third kappa shape index (κ3) is 4.43. The molecular weight excluding hydrogens is 288 g/mol. The number of nitrogens with one attached hydrogen (secondary N) is 2. The lowest BCUT2D eigenvalue weighted by atomic mass is 10.2. The van der Waals surface area contributed by atoms with E-state index in [0.29, 0.717) is 16.5 Å². The lowest BCUT2D eigenvalue weighted by Gasteiger charge is -2.11. The van der Waals surface area contributed by atoms with Gasteiger partial charge in [-0.2, -0.15) is 0 Å². The molecule has 6 heteroatoms. The first-order valence-corrected chi connectivity index (χ1v) is 7.11. The number of amides is 1. The van der Waals surface area contributed by atoms with Crippen molar-refractivity contribution in [3.8, 4) is 0 Å². The van der Waals surface area contributed by atoms with E-state index in [9.17, 15) is 4.79 Å². The van der Waals surface area contributed by atoms with Crippen LogP contribution in [0.3, 0.4) is 0 Å². The molecule has 1 amide bonds. The van der Waals surface area contributed by atoms with Gasteiger partial charge in [0, 0.05) is 22.8 Å². The van der Waals surface area contributed by atoms with Crippen LogP contribution in [0.4, 0.5) is 11.5 Å². The average Bonchev–Trinajstić information content (AvgIpc) is 2.47. The van der Waals surface area contributed by atoms with E-state index in [-0.39, 0.29) is 11.9 Å². The summed E-state index contributed by atoms with van der Waals surface area (Å²) in [5.74, 6) is 0.336. The SMILES string of the molecule is CCC(C)NC(=O)c1cc(Nc2cccc(Cl)c2)ncn1. The molecular formula is C15H17ClN4O. The molecule has 1 heterocycles. The van der Waals surface area contributed by atoms with E-state index in [1.54, 1.807) is 18.2 Å². The number of hydrogen-bond donors (Lipinski definition) is 2. The first-order valence-electron chi connectivity index (χ1n) is 6.74. The van der Waals surface area contributed by atoms with E-state index in [1.165, 1.54) is 6.33 Å². The summed E-state index contributed by atoms with van der Waals surface area (Å²) in [6.45, 7) is 3.96. The fourth-order valence-corrected chi connectivity index (χ4v) is 1.85. The van der Waals surface area contributed by atoms with Gasteiger partial charge in [-0.3, -0.25) is 4.79 Å². The van der Waals surface area contributed by atoms with Crippen molar-refractivity contribution in [1.82, 2.24) is 15.3 Å². The van der Waals surface area contributed by atoms with Gasteiger partial charge in [-0.1, -0.05) is 24.6 Å². The molecule has 21 heavy (non-hydrogen) atoms. The molecule has 0 fully saturated rings. The van der Waals surface area contributed by atoms with Crippen molar-refractivity contribution >= 4 is 29.0 Å². The van der Waals surface area contributed by atoms with Gasteiger partial charge in [0.05, 0.1) is 0 Å². The Bertz CT molecular complexity index is 633. The highest BCUT2D eigenvalue weighted by molar-refractivity contribution is 6.30. The molecule has 0 bridgehead atoms. The quantitative estimate of drug-likeness (QED) is 0.888. The zero-order chi connectivity index (χ0) is 15.2. The van der Waals surface area contributed by atoms with Gasteiger partial charge in [0.15, 0.2) is 0 Å². The fraction of sp³-hybridized carbons (Fsp3) is 0.267. The zero-order valence-corrected chi connectivity index (χ0v) is 12.7. The van der Waals surface area contributed by atoms with Crippen molar-refractivity contribution < 1.29 is 4.79 Å². The molecule has 0 radical (unpaired) electrons. The Morgan fingerprint density at radius 2 is 2.14 bits per heavy atom. The van der Waals surface area contributed by atoms with Crippen molar-refractivity contribution in [2.24, 2.45) is 0 Å². The van der Waals surface area contributed by atoms with E-state index in [0.717, 1.165) is 12.1 Å². The van der Waals surface area contributed by atoms with Crippen molar-refractivity contribution in [3.63, 3.8) is 0 Å². The van der Waals surface area contributed by atoms with Gasteiger partial charge in [-0.05, 0) is 31.5 Å². The summed E-state index contributed by atoms with van der Waals surface area (Å²) in [4.78, 5) is 20.1. The monoisotopic (exact) mass is 304 g/mol. The molecule has 2 N–H and O–H groups in total. The molecule has 0 saturated carbocycles. The normalized spacial score (nSPS) is 11.8. The molecule has 2 aromatic rings. The number of nitrogens with zero attached hydrogens (tertiary/aromatic N) is 2. The summed E-state index contributed by atoms with van der Waals surface area (Å²) in [6, 6.07) is 8.99. The highest BCUT2D eigenvalue weighted by Gasteiger charge is 2.11. The minimum Gasteiger partial charge on any atom is -0.348 e. The largest absolute Gasteiger partial charge is 0.348 e. The predicted octanol–water partition coefficient (Wildman–Crippen LogP) is 3.40. The first kappa shape index (κ1) is 15.3. The number of benzene rings is 1. The lowest BCUT2D eigenvalue weighted by molar-refractivity contribution is 0.0934. The molecule has 0 saturated heterocycles. The smallest absolute Gasteiger partial charge is 0.270 e. The Balaban J connectivity index is 2.12. The molecule has 0 aliphatic carbocycles. The van der Waals surface area contributed by atoms with E-state index in [4.69, 9.17) is 11.6 Å². The van der Waals surface area contributed by atoms with Gasteiger partial charge in [0.2, 0.25) is 0 Å². The Morgan fingerprint density at radius 1 is 1.33 bits per heavy atom. The highest BCUT2D eigenvalue weighted by Crippen LogP contribution is 2.18. The number of hydrogen-bond acceptors (Lipinski definition) is 4. The third-order valence-corrected chi connectivity index (χ3v) is 3.22. The summed E-state index contributed by atoms with van der Waals surface area (Å²) < 4.78 is 0.